The van der Waals surface area contributed by atoms with Gasteiger partial charge in [-0.3, -0.25) is 4.79 Å². The van der Waals surface area contributed by atoms with Crippen molar-refractivity contribution in [2.45, 2.75) is 38.5 Å². The summed E-state index contributed by atoms with van der Waals surface area (Å²) in [6.45, 7) is 2.35. The minimum Gasteiger partial charge on any atom is -0.390 e. The van der Waals surface area contributed by atoms with Gasteiger partial charge in [0.05, 0.1) is 18.7 Å². The Morgan fingerprint density at radius 3 is 2.30 bits per heavy atom. The van der Waals surface area contributed by atoms with E-state index in [1.165, 1.54) is 5.56 Å². The highest BCUT2D eigenvalue weighted by Crippen LogP contribution is 2.12. The second-order valence-corrected chi connectivity index (χ2v) is 8.70. The average molecular weight is 511 g/mol. The number of halogens is 2. The van der Waals surface area contributed by atoms with Crippen molar-refractivity contribution in [3.05, 3.63) is 101 Å². The lowest BCUT2D eigenvalue weighted by molar-refractivity contribution is -0.121. The zero-order valence-corrected chi connectivity index (χ0v) is 20.6. The van der Waals surface area contributed by atoms with Gasteiger partial charge in [-0.2, -0.15) is 0 Å². The van der Waals surface area contributed by atoms with Gasteiger partial charge < -0.3 is 26.4 Å². The first-order valence-electron chi connectivity index (χ1n) is 12.1. The molecule has 0 unspecified atom stereocenters. The van der Waals surface area contributed by atoms with Crippen LogP contribution in [0.1, 0.15) is 23.6 Å². The molecule has 0 saturated carbocycles. The van der Waals surface area contributed by atoms with Gasteiger partial charge in [-0.1, -0.05) is 49.4 Å². The molecule has 0 heterocycles. The van der Waals surface area contributed by atoms with E-state index in [4.69, 9.17) is 0 Å². The number of anilines is 1. The van der Waals surface area contributed by atoms with Gasteiger partial charge in [0, 0.05) is 24.8 Å². The maximum Gasteiger partial charge on any atom is 0.319 e. The first-order valence-corrected chi connectivity index (χ1v) is 12.1. The number of carbonyl (C=O) groups is 2. The van der Waals surface area contributed by atoms with Gasteiger partial charge in [-0.05, 0) is 53.8 Å². The van der Waals surface area contributed by atoms with Gasteiger partial charge in [0.25, 0.3) is 0 Å². The molecule has 3 aromatic carbocycles. The summed E-state index contributed by atoms with van der Waals surface area (Å²) in [7, 11) is 0. The van der Waals surface area contributed by atoms with Gasteiger partial charge in [-0.15, -0.1) is 0 Å². The Balaban J connectivity index is 1.58. The topological polar surface area (TPSA) is 102 Å². The minimum atomic E-state index is -1.07. The SMILES string of the molecule is CCc1cccc(CNC[C@@H](O)[C@H](Cc2cc(F)cc(F)c2)NC(=O)CNC(=O)Nc2ccccc2)c1. The van der Waals surface area contributed by atoms with Gasteiger partial charge in [0.1, 0.15) is 11.6 Å². The largest absolute Gasteiger partial charge is 0.390 e. The first-order chi connectivity index (χ1) is 17.8. The van der Waals surface area contributed by atoms with Crippen molar-refractivity contribution in [1.29, 1.82) is 0 Å². The Morgan fingerprint density at radius 1 is 0.892 bits per heavy atom. The molecule has 0 aliphatic rings. The Morgan fingerprint density at radius 2 is 1.59 bits per heavy atom. The van der Waals surface area contributed by atoms with Crippen molar-refractivity contribution in [2.24, 2.45) is 0 Å². The van der Waals surface area contributed by atoms with Gasteiger partial charge in [-0.25, -0.2) is 13.6 Å². The molecule has 3 rings (SSSR count). The molecule has 0 bridgehead atoms. The van der Waals surface area contributed by atoms with Gasteiger partial charge in [0.2, 0.25) is 5.91 Å². The molecule has 0 fully saturated rings. The van der Waals surface area contributed by atoms with Crippen LogP contribution in [0.25, 0.3) is 0 Å². The molecule has 9 heteroatoms. The van der Waals surface area contributed by atoms with Crippen molar-refractivity contribution in [2.75, 3.05) is 18.4 Å². The van der Waals surface area contributed by atoms with E-state index in [2.05, 4.69) is 34.3 Å². The normalized spacial score (nSPS) is 12.4. The highest BCUT2D eigenvalue weighted by atomic mass is 19.1. The standard InChI is InChI=1S/C28H32F2N4O3/c1-2-19-7-6-8-20(11-19)16-31-17-26(35)25(14-21-12-22(29)15-23(30)13-21)34-27(36)18-32-28(37)33-24-9-4-3-5-10-24/h3-13,15,25-26,31,35H,2,14,16-18H2,1H3,(H,34,36)(H2,32,33,37)/t25-,26+/m0/s1. The summed E-state index contributed by atoms with van der Waals surface area (Å²) in [5, 5.41) is 21.7. The fraction of sp³-hybridized carbons (Fsp3) is 0.286. The van der Waals surface area contributed by atoms with Gasteiger partial charge >= 0.3 is 6.03 Å². The third-order valence-corrected chi connectivity index (χ3v) is 5.71. The lowest BCUT2D eigenvalue weighted by Gasteiger charge is -2.25. The van der Waals surface area contributed by atoms with Crippen molar-refractivity contribution < 1.29 is 23.5 Å². The second-order valence-electron chi connectivity index (χ2n) is 8.70. The lowest BCUT2D eigenvalue weighted by Crippen LogP contribution is -2.51. The predicted octanol–water partition coefficient (Wildman–Crippen LogP) is 3.53. The summed E-state index contributed by atoms with van der Waals surface area (Å²) < 4.78 is 27.5. The van der Waals surface area contributed by atoms with E-state index < -0.39 is 35.7 Å². The number of carbonyl (C=O) groups excluding carboxylic acids is 2. The molecule has 0 aliphatic heterocycles. The number of amides is 3. The monoisotopic (exact) mass is 510 g/mol. The summed E-state index contributed by atoms with van der Waals surface area (Å²) >= 11 is 0. The number of rotatable bonds is 12. The van der Waals surface area contributed by atoms with E-state index in [1.54, 1.807) is 24.3 Å². The van der Waals surface area contributed by atoms with E-state index in [9.17, 15) is 23.5 Å². The first kappa shape index (κ1) is 27.8. The number of aliphatic hydroxyl groups is 1. The number of hydrogen-bond acceptors (Lipinski definition) is 4. The van der Waals surface area contributed by atoms with E-state index >= 15 is 0 Å². The molecular formula is C28H32F2N4O3. The van der Waals surface area contributed by atoms with Crippen molar-refractivity contribution >= 4 is 17.6 Å². The Kier molecular flexibility index (Phi) is 10.5. The Labute approximate surface area is 215 Å². The summed E-state index contributed by atoms with van der Waals surface area (Å²) in [6, 6.07) is 18.4. The van der Waals surface area contributed by atoms with Crippen molar-refractivity contribution in [3.8, 4) is 0 Å². The summed E-state index contributed by atoms with van der Waals surface area (Å²) in [5.41, 5.74) is 3.10. The number of nitrogens with one attached hydrogen (secondary N) is 4. The maximum atomic E-state index is 13.7. The zero-order valence-electron chi connectivity index (χ0n) is 20.6. The van der Waals surface area contributed by atoms with Crippen LogP contribution in [-0.2, 0) is 24.2 Å². The van der Waals surface area contributed by atoms with Crippen LogP contribution in [0.5, 0.6) is 0 Å². The summed E-state index contributed by atoms with van der Waals surface area (Å²) in [6.07, 6.45) is -0.167. The minimum absolute atomic E-state index is 0.00913. The highest BCUT2D eigenvalue weighted by molar-refractivity contribution is 5.92. The molecular weight excluding hydrogens is 478 g/mol. The van der Waals surface area contributed by atoms with E-state index in [0.29, 0.717) is 12.2 Å². The molecule has 0 radical (unpaired) electrons. The number of aryl methyl sites for hydroxylation is 1. The molecule has 196 valence electrons. The van der Waals surface area contributed by atoms with E-state index in [-0.39, 0.29) is 25.1 Å². The molecule has 7 nitrogen and oxygen atoms in total. The highest BCUT2D eigenvalue weighted by Gasteiger charge is 2.22. The van der Waals surface area contributed by atoms with Crippen LogP contribution in [0.3, 0.4) is 0 Å². The van der Waals surface area contributed by atoms with Gasteiger partial charge in [0.15, 0.2) is 0 Å². The third-order valence-electron chi connectivity index (χ3n) is 5.71. The van der Waals surface area contributed by atoms with Crippen LogP contribution in [-0.4, -0.2) is 42.3 Å². The molecule has 0 saturated heterocycles. The quantitative estimate of drug-likeness (QED) is 0.257. The molecule has 0 spiro atoms. The summed E-state index contributed by atoms with van der Waals surface area (Å²) in [4.78, 5) is 24.7. The zero-order chi connectivity index (χ0) is 26.6. The number of benzene rings is 3. The van der Waals surface area contributed by atoms with Crippen LogP contribution < -0.4 is 21.3 Å². The number of para-hydroxylation sites is 1. The molecule has 2 atom stereocenters. The lowest BCUT2D eigenvalue weighted by atomic mass is 10.0. The molecule has 3 aromatic rings. The number of aliphatic hydroxyl groups excluding tert-OH is 1. The van der Waals surface area contributed by atoms with Crippen molar-refractivity contribution in [3.63, 3.8) is 0 Å². The van der Waals surface area contributed by atoms with E-state index in [1.807, 2.05) is 24.3 Å². The molecule has 3 amide bonds. The number of urea groups is 1. The molecule has 0 aliphatic carbocycles. The molecule has 5 N–H and O–H groups in total. The van der Waals surface area contributed by atoms with Crippen molar-refractivity contribution in [1.82, 2.24) is 16.0 Å². The van der Waals surface area contributed by atoms with Crippen LogP contribution in [0, 0.1) is 11.6 Å². The molecule has 0 aromatic heterocycles. The molecule has 37 heavy (non-hydrogen) atoms. The van der Waals surface area contributed by atoms with Crippen LogP contribution >= 0.6 is 0 Å². The Bertz CT molecular complexity index is 1160. The maximum absolute atomic E-state index is 13.7. The smallest absolute Gasteiger partial charge is 0.319 e. The number of hydrogen-bond donors (Lipinski definition) is 5. The Hall–Kier alpha value is -3.82. The second kappa shape index (κ2) is 14.1. The van der Waals surface area contributed by atoms with Crippen LogP contribution in [0.15, 0.2) is 72.8 Å². The average Bonchev–Trinajstić information content (AvgIpc) is 2.87. The predicted molar refractivity (Wildman–Crippen MR) is 139 cm³/mol. The fourth-order valence-corrected chi connectivity index (χ4v) is 3.85. The van der Waals surface area contributed by atoms with Crippen LogP contribution in [0.2, 0.25) is 0 Å². The van der Waals surface area contributed by atoms with Crippen LogP contribution in [0.4, 0.5) is 19.3 Å². The third kappa shape index (κ3) is 9.63. The summed E-state index contributed by atoms with van der Waals surface area (Å²) in [5.74, 6) is -2.05. The van der Waals surface area contributed by atoms with E-state index in [0.717, 1.165) is 30.2 Å². The fourth-order valence-electron chi connectivity index (χ4n) is 3.85.